The second-order valence-corrected chi connectivity index (χ2v) is 1.08. The Morgan fingerprint density at radius 2 is 2.57 bits per heavy atom. The molecule has 0 unspecified atom stereocenters. The number of H-pyrrole nitrogens is 1. The van der Waals surface area contributed by atoms with Gasteiger partial charge in [-0.2, -0.15) is 4.39 Å². The maximum Gasteiger partial charge on any atom is 0.324 e. The van der Waals surface area contributed by atoms with Crippen LogP contribution in [0.15, 0.2) is 18.6 Å². The summed E-state index contributed by atoms with van der Waals surface area (Å²) in [6, 6.07) is 1.25. The van der Waals surface area contributed by atoms with Gasteiger partial charge in [-0.3, -0.25) is 4.98 Å². The number of aromatic nitrogens is 2. The molecular formula is C4H4FN2+. The molecule has 2 nitrogen and oxygen atoms in total. The van der Waals surface area contributed by atoms with Gasteiger partial charge in [0.2, 0.25) is 0 Å². The van der Waals surface area contributed by atoms with Gasteiger partial charge in [-0.15, -0.1) is 0 Å². The number of halogens is 1. The van der Waals surface area contributed by atoms with E-state index in [2.05, 4.69) is 9.97 Å². The lowest BCUT2D eigenvalue weighted by molar-refractivity contribution is -0.383. The number of aromatic amines is 1. The molecule has 0 fully saturated rings. The summed E-state index contributed by atoms with van der Waals surface area (Å²) < 4.78 is 11.8. The summed E-state index contributed by atoms with van der Waals surface area (Å²) in [6.45, 7) is 0. The molecule has 0 aromatic carbocycles. The summed E-state index contributed by atoms with van der Waals surface area (Å²) in [5.74, 6) is -0.459. The molecule has 7 heavy (non-hydrogen) atoms. The maximum atomic E-state index is 11.8. The lowest BCUT2D eigenvalue weighted by Gasteiger charge is -1.68. The van der Waals surface area contributed by atoms with E-state index in [0.717, 1.165) is 0 Å². The fraction of sp³-hybridized carbons (Fsp3) is 0. The minimum absolute atomic E-state index is 0.459. The molecule has 0 radical (unpaired) electrons. The first-order valence-corrected chi connectivity index (χ1v) is 1.87. The quantitative estimate of drug-likeness (QED) is 0.422. The Morgan fingerprint density at radius 1 is 1.71 bits per heavy atom. The van der Waals surface area contributed by atoms with Crippen LogP contribution in [0.3, 0.4) is 0 Å². The van der Waals surface area contributed by atoms with Crippen molar-refractivity contribution in [3.63, 3.8) is 0 Å². The van der Waals surface area contributed by atoms with Gasteiger partial charge in [-0.1, -0.05) is 0 Å². The largest absolute Gasteiger partial charge is 0.324 e. The van der Waals surface area contributed by atoms with Gasteiger partial charge < -0.3 is 0 Å². The van der Waals surface area contributed by atoms with Crippen molar-refractivity contribution >= 4 is 0 Å². The molecule has 1 N–H and O–H groups in total. The third-order valence-corrected chi connectivity index (χ3v) is 0.580. The topological polar surface area (TPSA) is 27.0 Å². The van der Waals surface area contributed by atoms with Crippen LogP contribution in [0.5, 0.6) is 0 Å². The van der Waals surface area contributed by atoms with Crippen molar-refractivity contribution in [3.8, 4) is 0 Å². The molecule has 1 aromatic heterocycles. The highest BCUT2D eigenvalue weighted by atomic mass is 19.1. The molecule has 0 atom stereocenters. The predicted molar refractivity (Wildman–Crippen MR) is 20.8 cm³/mol. The highest BCUT2D eigenvalue weighted by Gasteiger charge is 1.89. The molecule has 3 heteroatoms. The molecule has 0 spiro atoms. The first kappa shape index (κ1) is 4.18. The van der Waals surface area contributed by atoms with Gasteiger partial charge in [-0.25, -0.2) is 0 Å². The van der Waals surface area contributed by atoms with Crippen molar-refractivity contribution < 1.29 is 9.37 Å². The van der Waals surface area contributed by atoms with Gasteiger partial charge in [0.25, 0.3) is 6.33 Å². The molecule has 0 saturated heterocycles. The SMILES string of the molecule is Fc1cc[nH+]cn1. The Labute approximate surface area is 40.0 Å². The smallest absolute Gasteiger partial charge is 0.250 e. The molecule has 0 aliphatic heterocycles. The Morgan fingerprint density at radius 3 is 2.86 bits per heavy atom. The standard InChI is InChI=1S/C4H3FN2/c5-4-1-2-6-3-7-4/h1-3H/p+1. The van der Waals surface area contributed by atoms with Crippen LogP contribution in [0, 0.1) is 5.95 Å². The zero-order chi connectivity index (χ0) is 5.11. The summed E-state index contributed by atoms with van der Waals surface area (Å²) in [5, 5.41) is 0. The highest BCUT2D eigenvalue weighted by Crippen LogP contribution is 1.79. The van der Waals surface area contributed by atoms with Gasteiger partial charge in [0.1, 0.15) is 0 Å². The summed E-state index contributed by atoms with van der Waals surface area (Å²) in [5.41, 5.74) is 0. The number of rotatable bonds is 0. The fourth-order valence-corrected chi connectivity index (χ4v) is 0.302. The van der Waals surface area contributed by atoms with E-state index in [1.165, 1.54) is 18.6 Å². The summed E-state index contributed by atoms with van der Waals surface area (Å²) in [6.07, 6.45) is 2.76. The van der Waals surface area contributed by atoms with Gasteiger partial charge in [0.15, 0.2) is 0 Å². The predicted octanol–water partition coefficient (Wildman–Crippen LogP) is 0.0348. The average molecular weight is 99.1 g/mol. The highest BCUT2D eigenvalue weighted by molar-refractivity contribution is 4.73. The van der Waals surface area contributed by atoms with Crippen LogP contribution < -0.4 is 4.98 Å². The van der Waals surface area contributed by atoms with Crippen LogP contribution >= 0.6 is 0 Å². The Balaban J connectivity index is 3.02. The molecular weight excluding hydrogens is 95.1 g/mol. The second-order valence-electron chi connectivity index (χ2n) is 1.08. The minimum atomic E-state index is -0.459. The van der Waals surface area contributed by atoms with Crippen molar-refractivity contribution in [2.45, 2.75) is 0 Å². The lowest BCUT2D eigenvalue weighted by atomic mass is 10.7. The maximum absolute atomic E-state index is 11.8. The monoisotopic (exact) mass is 99.0 g/mol. The van der Waals surface area contributed by atoms with Crippen molar-refractivity contribution in [3.05, 3.63) is 24.5 Å². The normalized spacial score (nSPS) is 8.71. The Kier molecular flexibility index (Phi) is 0.978. The Hall–Kier alpha value is -0.990. The van der Waals surface area contributed by atoms with Crippen molar-refractivity contribution in [1.29, 1.82) is 0 Å². The van der Waals surface area contributed by atoms with Crippen LogP contribution in [0.4, 0.5) is 4.39 Å². The summed E-state index contributed by atoms with van der Waals surface area (Å²) in [7, 11) is 0. The van der Waals surface area contributed by atoms with Crippen LogP contribution in [-0.2, 0) is 0 Å². The third-order valence-electron chi connectivity index (χ3n) is 0.580. The fourth-order valence-electron chi connectivity index (χ4n) is 0.302. The van der Waals surface area contributed by atoms with E-state index in [1.54, 1.807) is 0 Å². The van der Waals surface area contributed by atoms with E-state index in [-0.39, 0.29) is 0 Å². The van der Waals surface area contributed by atoms with Crippen molar-refractivity contribution in [1.82, 2.24) is 4.98 Å². The first-order chi connectivity index (χ1) is 3.39. The van der Waals surface area contributed by atoms with Gasteiger partial charge in [0.05, 0.1) is 12.3 Å². The van der Waals surface area contributed by atoms with E-state index < -0.39 is 5.95 Å². The van der Waals surface area contributed by atoms with E-state index in [0.29, 0.717) is 0 Å². The van der Waals surface area contributed by atoms with E-state index in [9.17, 15) is 4.39 Å². The molecule has 1 rings (SSSR count). The molecule has 0 saturated carbocycles. The number of nitrogens with zero attached hydrogens (tertiary/aromatic N) is 1. The zero-order valence-corrected chi connectivity index (χ0v) is 3.56. The third kappa shape index (κ3) is 0.924. The summed E-state index contributed by atoms with van der Waals surface area (Å²) >= 11 is 0. The second kappa shape index (κ2) is 1.64. The summed E-state index contributed by atoms with van der Waals surface area (Å²) in [4.78, 5) is 5.84. The molecule has 0 bridgehead atoms. The van der Waals surface area contributed by atoms with Gasteiger partial charge in [-0.05, 0) is 4.98 Å². The number of nitrogens with one attached hydrogen (secondary N) is 1. The molecule has 1 aromatic rings. The number of hydrogen-bond acceptors (Lipinski definition) is 1. The van der Waals surface area contributed by atoms with Gasteiger partial charge >= 0.3 is 5.95 Å². The zero-order valence-electron chi connectivity index (χ0n) is 3.56. The molecule has 0 aliphatic carbocycles. The molecule has 36 valence electrons. The van der Waals surface area contributed by atoms with Crippen LogP contribution in [-0.4, -0.2) is 4.98 Å². The molecule has 0 amide bonds. The van der Waals surface area contributed by atoms with E-state index >= 15 is 0 Å². The number of hydrogen-bond donors (Lipinski definition) is 0. The van der Waals surface area contributed by atoms with Crippen LogP contribution in [0.1, 0.15) is 0 Å². The first-order valence-electron chi connectivity index (χ1n) is 1.87. The van der Waals surface area contributed by atoms with Crippen LogP contribution in [0.25, 0.3) is 0 Å². The lowest BCUT2D eigenvalue weighted by Crippen LogP contribution is -2.00. The molecule has 1 heterocycles. The molecule has 0 aliphatic rings. The van der Waals surface area contributed by atoms with Crippen molar-refractivity contribution in [2.75, 3.05) is 0 Å². The average Bonchev–Trinajstić information content (AvgIpc) is 1.69. The van der Waals surface area contributed by atoms with Crippen molar-refractivity contribution in [2.24, 2.45) is 0 Å². The van der Waals surface area contributed by atoms with Gasteiger partial charge in [0, 0.05) is 0 Å². The van der Waals surface area contributed by atoms with Crippen LogP contribution in [0.2, 0.25) is 0 Å². The van der Waals surface area contributed by atoms with E-state index in [1.807, 2.05) is 0 Å². The minimum Gasteiger partial charge on any atom is -0.250 e. The Bertz CT molecular complexity index is 140. The van der Waals surface area contributed by atoms with E-state index in [4.69, 9.17) is 0 Å².